The number of primary amides is 1. The molecule has 2 saturated carbocycles. The van der Waals surface area contributed by atoms with E-state index in [9.17, 15) is 34.8 Å². The van der Waals surface area contributed by atoms with E-state index >= 15 is 0 Å². The molecule has 2 unspecified atom stereocenters. The van der Waals surface area contributed by atoms with Gasteiger partial charge in [0.2, 0.25) is 5.91 Å². The van der Waals surface area contributed by atoms with Crippen LogP contribution in [0, 0.1) is 34.5 Å². The van der Waals surface area contributed by atoms with E-state index in [-0.39, 0.29) is 23.7 Å². The lowest BCUT2D eigenvalue weighted by Gasteiger charge is -2.66. The summed E-state index contributed by atoms with van der Waals surface area (Å²) in [5, 5.41) is 46.1. The maximum atomic E-state index is 14.1. The first-order chi connectivity index (χ1) is 18.7. The van der Waals surface area contributed by atoms with Gasteiger partial charge < -0.3 is 26.2 Å². The van der Waals surface area contributed by atoms with Crippen LogP contribution in [0.3, 0.4) is 0 Å². The SMILES string of the molecule is CC(C)[C@H]1C(O)[C@@H](C(N)=O)C(=O)[C@]2(O)C(O)[C@H]3C(=O)c4c(O)ccc(CCc5ccccn5)c4C[C@]3(C)C[C@]12C. The minimum atomic E-state index is -2.51. The number of pyridine rings is 1. The monoisotopic (exact) mass is 550 g/mol. The van der Waals surface area contributed by atoms with Gasteiger partial charge in [-0.25, -0.2) is 0 Å². The van der Waals surface area contributed by atoms with Gasteiger partial charge in [0.15, 0.2) is 17.2 Å². The number of carbonyl (C=O) groups is 3. The van der Waals surface area contributed by atoms with E-state index in [0.29, 0.717) is 24.8 Å². The fraction of sp³-hybridized carbons (Fsp3) is 0.548. The Kier molecular flexibility index (Phi) is 6.72. The molecule has 9 nitrogen and oxygen atoms in total. The van der Waals surface area contributed by atoms with Crippen molar-refractivity contribution in [1.29, 1.82) is 0 Å². The van der Waals surface area contributed by atoms with E-state index in [2.05, 4.69) is 4.98 Å². The van der Waals surface area contributed by atoms with Crippen molar-refractivity contribution in [2.45, 2.75) is 71.2 Å². The van der Waals surface area contributed by atoms with E-state index in [1.807, 2.05) is 39.0 Å². The Labute approximate surface area is 233 Å². The van der Waals surface area contributed by atoms with Crippen molar-refractivity contribution in [2.75, 3.05) is 0 Å². The molecule has 3 aliphatic rings. The summed E-state index contributed by atoms with van der Waals surface area (Å²) in [5.41, 5.74) is 3.24. The summed E-state index contributed by atoms with van der Waals surface area (Å²) in [6, 6.07) is 8.92. The molecule has 3 aliphatic carbocycles. The number of hydrogen-bond acceptors (Lipinski definition) is 8. The minimum absolute atomic E-state index is 0.0856. The lowest BCUT2D eigenvalue weighted by Crippen LogP contribution is -2.79. The van der Waals surface area contributed by atoms with Crippen molar-refractivity contribution < 1.29 is 34.8 Å². The Morgan fingerprint density at radius 2 is 1.82 bits per heavy atom. The maximum Gasteiger partial charge on any atom is 0.230 e. The molecule has 40 heavy (non-hydrogen) atoms. The Bertz CT molecular complexity index is 1380. The zero-order valence-electron chi connectivity index (χ0n) is 23.3. The molecule has 1 aromatic heterocycles. The molecule has 0 spiro atoms. The molecule has 6 N–H and O–H groups in total. The van der Waals surface area contributed by atoms with Gasteiger partial charge in [-0.1, -0.05) is 39.8 Å². The number of amides is 1. The summed E-state index contributed by atoms with van der Waals surface area (Å²) in [6.07, 6.45) is 0.0115. The number of aromatic nitrogens is 1. The van der Waals surface area contributed by atoms with Gasteiger partial charge in [0.05, 0.1) is 17.6 Å². The number of fused-ring (bicyclic) bond motifs is 3. The molecule has 0 radical (unpaired) electrons. The topological polar surface area (TPSA) is 171 Å². The smallest absolute Gasteiger partial charge is 0.230 e. The number of carbonyl (C=O) groups excluding carboxylic acids is 3. The number of benzene rings is 1. The van der Waals surface area contributed by atoms with Gasteiger partial charge in [-0.3, -0.25) is 19.4 Å². The molecule has 2 fully saturated rings. The van der Waals surface area contributed by atoms with Crippen molar-refractivity contribution in [3.05, 3.63) is 58.9 Å². The van der Waals surface area contributed by atoms with E-state index in [0.717, 1.165) is 11.3 Å². The second-order valence-electron chi connectivity index (χ2n) is 12.9. The highest BCUT2D eigenvalue weighted by molar-refractivity contribution is 6.09. The van der Waals surface area contributed by atoms with Crippen molar-refractivity contribution in [1.82, 2.24) is 4.98 Å². The summed E-state index contributed by atoms with van der Waals surface area (Å²) in [7, 11) is 0. The third-order valence-corrected chi connectivity index (χ3v) is 10.1. The van der Waals surface area contributed by atoms with Crippen LogP contribution in [0.4, 0.5) is 0 Å². The van der Waals surface area contributed by atoms with Crippen LogP contribution in [0.25, 0.3) is 0 Å². The predicted molar refractivity (Wildman–Crippen MR) is 145 cm³/mol. The number of hydrogen-bond donors (Lipinski definition) is 5. The molecule has 5 rings (SSSR count). The highest BCUT2D eigenvalue weighted by Crippen LogP contribution is 2.65. The molecular formula is C31H38N2O7. The van der Waals surface area contributed by atoms with Gasteiger partial charge >= 0.3 is 0 Å². The molecule has 0 aliphatic heterocycles. The van der Waals surface area contributed by atoms with Gasteiger partial charge in [-0.15, -0.1) is 0 Å². The number of aromatic hydroxyl groups is 1. The van der Waals surface area contributed by atoms with Crippen LogP contribution in [0.1, 0.15) is 61.3 Å². The normalized spacial score (nSPS) is 37.0. The molecular weight excluding hydrogens is 512 g/mol. The lowest BCUT2D eigenvalue weighted by atomic mass is 9.39. The standard InChI is InChI=1S/C31H38N2O7/c1-15(2)22-25(36)21(28(32)39)26(37)31(40)27(38)23-24(35)20-18(13-29(23,3)14-30(22,31)4)16(9-11-19(20)34)8-10-17-7-5-6-12-33-17/h5-7,9,11-12,15,21-23,25,27,34,36,38,40H,8,10,13-14H2,1-4H3,(H2,32,39)/t21-,22+,23-,25?,27?,29-,30-,31+/m1/s1. The van der Waals surface area contributed by atoms with E-state index in [1.165, 1.54) is 6.07 Å². The van der Waals surface area contributed by atoms with Crippen molar-refractivity contribution in [3.63, 3.8) is 0 Å². The van der Waals surface area contributed by atoms with Crippen LogP contribution in [0.5, 0.6) is 5.75 Å². The third-order valence-electron chi connectivity index (χ3n) is 10.1. The van der Waals surface area contributed by atoms with Crippen LogP contribution < -0.4 is 5.73 Å². The number of rotatable bonds is 5. The zero-order valence-corrected chi connectivity index (χ0v) is 23.3. The minimum Gasteiger partial charge on any atom is -0.507 e. The number of aliphatic hydroxyl groups excluding tert-OH is 2. The van der Waals surface area contributed by atoms with Gasteiger partial charge in [0.25, 0.3) is 0 Å². The number of phenols is 1. The molecule has 8 atom stereocenters. The Hall–Kier alpha value is -3.14. The van der Waals surface area contributed by atoms with E-state index in [4.69, 9.17) is 5.73 Å². The summed E-state index contributed by atoms with van der Waals surface area (Å²) in [4.78, 5) is 44.6. The second-order valence-corrected chi connectivity index (χ2v) is 12.9. The molecule has 2 aromatic rings. The largest absolute Gasteiger partial charge is 0.507 e. The first-order valence-corrected chi connectivity index (χ1v) is 13.9. The van der Waals surface area contributed by atoms with Crippen molar-refractivity contribution in [3.8, 4) is 5.75 Å². The Balaban J connectivity index is 1.64. The quantitative estimate of drug-likeness (QED) is 0.351. The molecule has 0 saturated heterocycles. The highest BCUT2D eigenvalue weighted by atomic mass is 16.4. The van der Waals surface area contributed by atoms with Gasteiger partial charge in [-0.2, -0.15) is 0 Å². The average Bonchev–Trinajstić information content (AvgIpc) is 2.86. The van der Waals surface area contributed by atoms with Gasteiger partial charge in [0.1, 0.15) is 17.8 Å². The molecule has 1 heterocycles. The first-order valence-electron chi connectivity index (χ1n) is 13.9. The maximum absolute atomic E-state index is 14.1. The van der Waals surface area contributed by atoms with Crippen LogP contribution in [-0.2, 0) is 28.9 Å². The number of ketones is 2. The number of phenolic OH excluding ortho intramolecular Hbond substituents is 1. The van der Waals surface area contributed by atoms with Crippen LogP contribution in [0.2, 0.25) is 0 Å². The number of nitrogens with two attached hydrogens (primary N) is 1. The van der Waals surface area contributed by atoms with Gasteiger partial charge in [-0.05, 0) is 72.3 Å². The summed E-state index contributed by atoms with van der Waals surface area (Å²) >= 11 is 0. The third kappa shape index (κ3) is 3.78. The summed E-state index contributed by atoms with van der Waals surface area (Å²) < 4.78 is 0. The number of nitrogens with zero attached hydrogens (tertiary/aromatic N) is 1. The lowest BCUT2D eigenvalue weighted by molar-refractivity contribution is -0.265. The van der Waals surface area contributed by atoms with Crippen molar-refractivity contribution >= 4 is 17.5 Å². The zero-order chi connectivity index (χ0) is 29.4. The first kappa shape index (κ1) is 28.4. The second kappa shape index (κ2) is 9.46. The number of aryl methyl sites for hydroxylation is 2. The van der Waals surface area contributed by atoms with Crippen LogP contribution in [0.15, 0.2) is 36.5 Å². The molecule has 1 amide bonds. The predicted octanol–water partition coefficient (Wildman–Crippen LogP) is 1.75. The fourth-order valence-corrected chi connectivity index (χ4v) is 8.64. The van der Waals surface area contributed by atoms with Crippen LogP contribution in [-0.4, -0.2) is 60.7 Å². The molecule has 214 valence electrons. The van der Waals surface area contributed by atoms with Gasteiger partial charge in [0, 0.05) is 17.3 Å². The van der Waals surface area contributed by atoms with Crippen LogP contribution >= 0.6 is 0 Å². The Morgan fingerprint density at radius 3 is 2.42 bits per heavy atom. The van der Waals surface area contributed by atoms with Crippen molar-refractivity contribution in [2.24, 2.45) is 40.2 Å². The number of Topliss-reactive ketones (excluding diaryl/α,β-unsaturated/α-hetero) is 2. The molecule has 1 aromatic carbocycles. The van der Waals surface area contributed by atoms with E-state index < -0.39 is 63.9 Å². The Morgan fingerprint density at radius 1 is 1.12 bits per heavy atom. The van der Waals surface area contributed by atoms with E-state index in [1.54, 1.807) is 19.2 Å². The number of aliphatic hydroxyl groups is 3. The summed E-state index contributed by atoms with van der Waals surface area (Å²) in [5.74, 6) is -6.94. The molecule has 9 heteroatoms. The molecule has 0 bridgehead atoms. The average molecular weight is 551 g/mol. The summed E-state index contributed by atoms with van der Waals surface area (Å²) in [6.45, 7) is 7.16. The fourth-order valence-electron chi connectivity index (χ4n) is 8.64. The highest BCUT2D eigenvalue weighted by Gasteiger charge is 2.75.